The van der Waals surface area contributed by atoms with Crippen LogP contribution in [0.25, 0.3) is 11.4 Å². The van der Waals surface area contributed by atoms with Crippen molar-refractivity contribution in [2.24, 2.45) is 0 Å². The lowest BCUT2D eigenvalue weighted by molar-refractivity contribution is 0.0429. The van der Waals surface area contributed by atoms with Gasteiger partial charge in [-0.25, -0.2) is 17.6 Å². The smallest absolute Gasteiger partial charge is 0.338 e. The fourth-order valence-electron chi connectivity index (χ4n) is 3.32. The van der Waals surface area contributed by atoms with Crippen molar-refractivity contribution in [3.8, 4) is 17.1 Å². The van der Waals surface area contributed by atoms with E-state index in [0.717, 1.165) is 22.5 Å². The van der Waals surface area contributed by atoms with Crippen LogP contribution in [-0.4, -0.2) is 61.7 Å². The molecular formula is C22H22FN3O7S. The van der Waals surface area contributed by atoms with Crippen molar-refractivity contribution < 1.29 is 36.3 Å². The van der Waals surface area contributed by atoms with Crippen LogP contribution in [0.15, 0.2) is 51.9 Å². The monoisotopic (exact) mass is 491 g/mol. The highest BCUT2D eigenvalue weighted by molar-refractivity contribution is 7.89. The summed E-state index contributed by atoms with van der Waals surface area (Å²) in [7, 11) is -4.13. The Hall–Kier alpha value is -3.35. The second kappa shape index (κ2) is 10.3. The topological polar surface area (TPSA) is 121 Å². The molecule has 180 valence electrons. The van der Waals surface area contributed by atoms with Crippen LogP contribution in [0.4, 0.5) is 4.39 Å². The molecule has 2 aromatic carbocycles. The molecule has 0 spiro atoms. The van der Waals surface area contributed by atoms with E-state index in [0.29, 0.717) is 17.9 Å². The van der Waals surface area contributed by atoms with E-state index in [1.807, 2.05) is 13.0 Å². The van der Waals surface area contributed by atoms with Gasteiger partial charge in [0.05, 0.1) is 30.9 Å². The van der Waals surface area contributed by atoms with Gasteiger partial charge in [-0.1, -0.05) is 17.3 Å². The number of sulfonamides is 1. The average Bonchev–Trinajstić information content (AvgIpc) is 3.33. The van der Waals surface area contributed by atoms with Crippen LogP contribution in [0, 0.1) is 5.82 Å². The van der Waals surface area contributed by atoms with Crippen LogP contribution < -0.4 is 4.74 Å². The zero-order chi connectivity index (χ0) is 24.1. The van der Waals surface area contributed by atoms with Gasteiger partial charge in [0.1, 0.15) is 16.5 Å². The van der Waals surface area contributed by atoms with Gasteiger partial charge in [0.15, 0.2) is 6.61 Å². The van der Waals surface area contributed by atoms with Crippen LogP contribution in [0.5, 0.6) is 5.75 Å². The number of carbonyl (C=O) groups excluding carboxylic acids is 1. The molecule has 0 atom stereocenters. The maximum Gasteiger partial charge on any atom is 0.338 e. The maximum absolute atomic E-state index is 14.4. The van der Waals surface area contributed by atoms with Crippen molar-refractivity contribution in [1.29, 1.82) is 0 Å². The van der Waals surface area contributed by atoms with E-state index < -0.39 is 26.7 Å². The molecule has 1 fully saturated rings. The number of aromatic nitrogens is 2. The van der Waals surface area contributed by atoms with E-state index in [4.69, 9.17) is 18.7 Å². The molecule has 0 saturated carbocycles. The van der Waals surface area contributed by atoms with Crippen molar-refractivity contribution in [2.75, 3.05) is 32.9 Å². The molecule has 34 heavy (non-hydrogen) atoms. The van der Waals surface area contributed by atoms with Crippen molar-refractivity contribution >= 4 is 16.0 Å². The van der Waals surface area contributed by atoms with Crippen molar-refractivity contribution in [1.82, 2.24) is 14.4 Å². The number of nitrogens with zero attached hydrogens (tertiary/aromatic N) is 3. The lowest BCUT2D eigenvalue weighted by Crippen LogP contribution is -2.41. The third kappa shape index (κ3) is 5.08. The molecular weight excluding hydrogens is 469 g/mol. The molecule has 0 N–H and O–H groups in total. The molecule has 1 aliphatic heterocycles. The lowest BCUT2D eigenvalue weighted by atomic mass is 10.2. The highest BCUT2D eigenvalue weighted by atomic mass is 32.2. The summed E-state index contributed by atoms with van der Waals surface area (Å²) in [6.45, 7) is 2.58. The molecule has 1 saturated heterocycles. The number of hydrogen-bond donors (Lipinski definition) is 0. The molecule has 10 nitrogen and oxygen atoms in total. The Morgan fingerprint density at radius 3 is 2.71 bits per heavy atom. The van der Waals surface area contributed by atoms with E-state index in [-0.39, 0.29) is 50.2 Å². The Labute approximate surface area is 195 Å². The van der Waals surface area contributed by atoms with E-state index >= 15 is 0 Å². The van der Waals surface area contributed by atoms with Crippen LogP contribution in [0.2, 0.25) is 0 Å². The first kappa shape index (κ1) is 23.8. The Kier molecular flexibility index (Phi) is 7.20. The number of para-hydroxylation sites is 1. The minimum Gasteiger partial charge on any atom is -0.493 e. The first-order valence-electron chi connectivity index (χ1n) is 10.5. The van der Waals surface area contributed by atoms with Gasteiger partial charge >= 0.3 is 5.97 Å². The van der Waals surface area contributed by atoms with Crippen LogP contribution in [0.1, 0.15) is 23.2 Å². The minimum absolute atomic E-state index is 0.0259. The number of carbonyl (C=O) groups is 1. The number of ether oxygens (including phenoxy) is 3. The van der Waals surface area contributed by atoms with Crippen LogP contribution in [0.3, 0.4) is 0 Å². The summed E-state index contributed by atoms with van der Waals surface area (Å²) in [5, 5.41) is 3.89. The first-order chi connectivity index (χ1) is 16.4. The second-order valence-corrected chi connectivity index (χ2v) is 9.09. The summed E-state index contributed by atoms with van der Waals surface area (Å²) in [4.78, 5) is 16.1. The first-order valence-corrected chi connectivity index (χ1v) is 11.9. The maximum atomic E-state index is 14.4. The zero-order valence-corrected chi connectivity index (χ0v) is 19.1. The van der Waals surface area contributed by atoms with Gasteiger partial charge in [-0.05, 0) is 37.3 Å². The molecule has 2 heterocycles. The highest BCUT2D eigenvalue weighted by Gasteiger charge is 2.30. The molecule has 0 unspecified atom stereocenters. The lowest BCUT2D eigenvalue weighted by Gasteiger charge is -2.26. The zero-order valence-electron chi connectivity index (χ0n) is 18.3. The molecule has 0 aliphatic carbocycles. The van der Waals surface area contributed by atoms with Crippen LogP contribution >= 0.6 is 0 Å². The standard InChI is InChI=1S/C22H22FN3O7S/c1-2-31-18-6-4-3-5-16(18)21-24-20(33-25-21)14-32-22(27)15-7-8-17(23)19(13-15)34(28,29)26-9-11-30-12-10-26/h3-8,13H,2,9-12,14H2,1H3. The normalized spacial score (nSPS) is 14.6. The molecule has 1 aromatic heterocycles. The van der Waals surface area contributed by atoms with Crippen LogP contribution in [-0.2, 0) is 26.1 Å². The van der Waals surface area contributed by atoms with E-state index in [2.05, 4.69) is 10.1 Å². The second-order valence-electron chi connectivity index (χ2n) is 7.18. The Morgan fingerprint density at radius 2 is 1.94 bits per heavy atom. The average molecular weight is 491 g/mol. The number of benzene rings is 2. The third-order valence-corrected chi connectivity index (χ3v) is 6.89. The number of esters is 1. The molecule has 3 aromatic rings. The van der Waals surface area contributed by atoms with Crippen molar-refractivity contribution in [2.45, 2.75) is 18.4 Å². The summed E-state index contributed by atoms with van der Waals surface area (Å²) in [5.74, 6) is -0.964. The van der Waals surface area contributed by atoms with E-state index in [1.54, 1.807) is 18.2 Å². The molecule has 0 bridgehead atoms. The van der Waals surface area contributed by atoms with Gasteiger partial charge in [0.25, 0.3) is 5.89 Å². The Balaban J connectivity index is 1.47. The summed E-state index contributed by atoms with van der Waals surface area (Å²) in [6.07, 6.45) is 0. The summed E-state index contributed by atoms with van der Waals surface area (Å²) in [6, 6.07) is 10.2. The molecule has 4 rings (SSSR count). The molecule has 0 radical (unpaired) electrons. The Morgan fingerprint density at radius 1 is 1.18 bits per heavy atom. The van der Waals surface area contributed by atoms with Gasteiger partial charge in [-0.3, -0.25) is 0 Å². The fourth-order valence-corrected chi connectivity index (χ4v) is 4.82. The molecule has 12 heteroatoms. The number of morpholine rings is 1. The quantitative estimate of drug-likeness (QED) is 0.438. The summed E-state index contributed by atoms with van der Waals surface area (Å²) >= 11 is 0. The summed E-state index contributed by atoms with van der Waals surface area (Å²) in [5.41, 5.74) is 0.483. The predicted molar refractivity (Wildman–Crippen MR) is 116 cm³/mol. The van der Waals surface area contributed by atoms with Gasteiger partial charge in [-0.15, -0.1) is 0 Å². The van der Waals surface area contributed by atoms with E-state index in [1.165, 1.54) is 0 Å². The van der Waals surface area contributed by atoms with Gasteiger partial charge < -0.3 is 18.7 Å². The van der Waals surface area contributed by atoms with Crippen molar-refractivity contribution in [3.63, 3.8) is 0 Å². The predicted octanol–water partition coefficient (Wildman–Crippen LogP) is 2.65. The SMILES string of the molecule is CCOc1ccccc1-c1noc(COC(=O)c2ccc(F)c(S(=O)(=O)N3CCOCC3)c2)n1. The van der Waals surface area contributed by atoms with Crippen molar-refractivity contribution in [3.05, 3.63) is 59.7 Å². The molecule has 0 amide bonds. The minimum atomic E-state index is -4.13. The Bertz CT molecular complexity index is 1270. The van der Waals surface area contributed by atoms with Gasteiger partial charge in [-0.2, -0.15) is 9.29 Å². The van der Waals surface area contributed by atoms with Gasteiger partial charge in [0, 0.05) is 13.1 Å². The highest BCUT2D eigenvalue weighted by Crippen LogP contribution is 2.28. The number of rotatable bonds is 8. The van der Waals surface area contributed by atoms with Gasteiger partial charge in [0.2, 0.25) is 15.8 Å². The number of halogens is 1. The largest absolute Gasteiger partial charge is 0.493 e. The third-order valence-electron chi connectivity index (χ3n) is 4.98. The number of hydrogen-bond acceptors (Lipinski definition) is 9. The summed E-state index contributed by atoms with van der Waals surface area (Å²) < 4.78 is 62.1. The fraction of sp³-hybridized carbons (Fsp3) is 0.318. The molecule has 1 aliphatic rings. The van der Waals surface area contributed by atoms with E-state index in [9.17, 15) is 17.6 Å².